The maximum Gasteiger partial charge on any atom is 0.101 e. The van der Waals surface area contributed by atoms with E-state index in [0.29, 0.717) is 5.92 Å². The van der Waals surface area contributed by atoms with Crippen molar-refractivity contribution in [3.63, 3.8) is 0 Å². The summed E-state index contributed by atoms with van der Waals surface area (Å²) in [5.74, 6) is 0.715. The lowest BCUT2D eigenvalue weighted by molar-refractivity contribution is 0.0242. The van der Waals surface area contributed by atoms with Crippen LogP contribution in [0.3, 0.4) is 0 Å². The first-order valence-electron chi connectivity index (χ1n) is 7.27. The van der Waals surface area contributed by atoms with Gasteiger partial charge in [-0.3, -0.25) is 4.68 Å². The van der Waals surface area contributed by atoms with Crippen molar-refractivity contribution in [2.24, 2.45) is 11.3 Å². The van der Waals surface area contributed by atoms with Gasteiger partial charge < -0.3 is 5.11 Å². The highest BCUT2D eigenvalue weighted by atomic mass is 16.3. The van der Waals surface area contributed by atoms with E-state index in [1.54, 1.807) is 10.9 Å². The third-order valence-corrected chi connectivity index (χ3v) is 4.61. The SMILES string of the molecule is CCC1CCC(C#N)(C(O)c2cnn(CC)c2)CC1. The molecule has 0 aliphatic heterocycles. The molecule has 2 rings (SSSR count). The number of aliphatic hydroxyl groups excluding tert-OH is 1. The number of nitriles is 1. The zero-order chi connectivity index (χ0) is 13.9. The molecule has 0 amide bonds. The van der Waals surface area contributed by atoms with Gasteiger partial charge >= 0.3 is 0 Å². The molecule has 0 saturated heterocycles. The molecule has 1 heterocycles. The fraction of sp³-hybridized carbons (Fsp3) is 0.733. The van der Waals surface area contributed by atoms with Crippen molar-refractivity contribution in [2.75, 3.05) is 0 Å². The number of aliphatic hydroxyl groups is 1. The van der Waals surface area contributed by atoms with Gasteiger partial charge in [-0.15, -0.1) is 0 Å². The van der Waals surface area contributed by atoms with Gasteiger partial charge in [-0.25, -0.2) is 0 Å². The van der Waals surface area contributed by atoms with Gasteiger partial charge in [0.25, 0.3) is 0 Å². The Morgan fingerprint density at radius 3 is 2.68 bits per heavy atom. The van der Waals surface area contributed by atoms with E-state index < -0.39 is 11.5 Å². The molecular formula is C15H23N3O. The van der Waals surface area contributed by atoms with E-state index in [-0.39, 0.29) is 0 Å². The van der Waals surface area contributed by atoms with Crippen molar-refractivity contribution in [1.29, 1.82) is 5.26 Å². The molecule has 1 aromatic heterocycles. The Bertz CT molecular complexity index is 452. The molecule has 1 fully saturated rings. The van der Waals surface area contributed by atoms with Gasteiger partial charge in [0, 0.05) is 18.3 Å². The first kappa shape index (κ1) is 14.1. The number of aryl methyl sites for hydroxylation is 1. The van der Waals surface area contributed by atoms with E-state index in [0.717, 1.165) is 37.8 Å². The van der Waals surface area contributed by atoms with E-state index in [4.69, 9.17) is 0 Å². The van der Waals surface area contributed by atoms with E-state index in [9.17, 15) is 10.4 Å². The summed E-state index contributed by atoms with van der Waals surface area (Å²) in [6.45, 7) is 4.99. The van der Waals surface area contributed by atoms with Crippen LogP contribution in [0.2, 0.25) is 0 Å². The highest BCUT2D eigenvalue weighted by molar-refractivity contribution is 5.18. The maximum absolute atomic E-state index is 10.6. The molecule has 104 valence electrons. The topological polar surface area (TPSA) is 61.8 Å². The molecule has 1 aromatic rings. The Balaban J connectivity index is 2.15. The maximum atomic E-state index is 10.6. The number of aromatic nitrogens is 2. The van der Waals surface area contributed by atoms with Crippen LogP contribution < -0.4 is 0 Å². The predicted molar refractivity (Wildman–Crippen MR) is 73.2 cm³/mol. The molecule has 1 aliphatic carbocycles. The van der Waals surface area contributed by atoms with Gasteiger partial charge in [0.15, 0.2) is 0 Å². The minimum atomic E-state index is -0.712. The van der Waals surface area contributed by atoms with Crippen LogP contribution in [0.5, 0.6) is 0 Å². The van der Waals surface area contributed by atoms with Crippen molar-refractivity contribution < 1.29 is 5.11 Å². The normalized spacial score (nSPS) is 28.8. The van der Waals surface area contributed by atoms with Crippen LogP contribution in [0.1, 0.15) is 57.6 Å². The van der Waals surface area contributed by atoms with Crippen LogP contribution in [0.4, 0.5) is 0 Å². The number of hydrogen-bond donors (Lipinski definition) is 1. The highest BCUT2D eigenvalue weighted by Crippen LogP contribution is 2.47. The summed E-state index contributed by atoms with van der Waals surface area (Å²) in [4.78, 5) is 0. The Hall–Kier alpha value is -1.34. The van der Waals surface area contributed by atoms with Crippen molar-refractivity contribution in [1.82, 2.24) is 9.78 Å². The lowest BCUT2D eigenvalue weighted by Crippen LogP contribution is -2.32. The molecule has 1 N–H and O–H groups in total. The summed E-state index contributed by atoms with van der Waals surface area (Å²) in [6.07, 6.45) is 7.68. The molecule has 0 radical (unpaired) electrons. The Kier molecular flexibility index (Phi) is 4.26. The van der Waals surface area contributed by atoms with Gasteiger partial charge in [0.1, 0.15) is 6.10 Å². The van der Waals surface area contributed by atoms with Crippen LogP contribution in [-0.2, 0) is 6.54 Å². The van der Waals surface area contributed by atoms with E-state index in [1.807, 2.05) is 13.1 Å². The summed E-state index contributed by atoms with van der Waals surface area (Å²) >= 11 is 0. The molecule has 0 spiro atoms. The van der Waals surface area contributed by atoms with Gasteiger partial charge in [0.2, 0.25) is 0 Å². The summed E-state index contributed by atoms with van der Waals surface area (Å²) in [5, 5.41) is 24.3. The molecule has 1 unspecified atom stereocenters. The van der Waals surface area contributed by atoms with Crippen LogP contribution in [0.15, 0.2) is 12.4 Å². The zero-order valence-corrected chi connectivity index (χ0v) is 11.8. The minimum Gasteiger partial charge on any atom is -0.387 e. The molecule has 1 atom stereocenters. The average molecular weight is 261 g/mol. The van der Waals surface area contributed by atoms with Crippen LogP contribution in [-0.4, -0.2) is 14.9 Å². The molecule has 4 nitrogen and oxygen atoms in total. The van der Waals surface area contributed by atoms with Crippen molar-refractivity contribution in [3.05, 3.63) is 18.0 Å². The smallest absolute Gasteiger partial charge is 0.101 e. The predicted octanol–water partition coefficient (Wildman–Crippen LogP) is 3.05. The van der Waals surface area contributed by atoms with E-state index in [1.165, 1.54) is 6.42 Å². The van der Waals surface area contributed by atoms with Crippen LogP contribution in [0, 0.1) is 22.7 Å². The van der Waals surface area contributed by atoms with Crippen LogP contribution in [0.25, 0.3) is 0 Å². The first-order valence-corrected chi connectivity index (χ1v) is 7.27. The summed E-state index contributed by atoms with van der Waals surface area (Å²) in [6, 6.07) is 2.40. The summed E-state index contributed by atoms with van der Waals surface area (Å²) in [7, 11) is 0. The molecule has 1 saturated carbocycles. The van der Waals surface area contributed by atoms with E-state index in [2.05, 4.69) is 18.1 Å². The van der Waals surface area contributed by atoms with Crippen molar-refractivity contribution in [3.8, 4) is 6.07 Å². The zero-order valence-electron chi connectivity index (χ0n) is 11.8. The molecule has 4 heteroatoms. The minimum absolute atomic E-state index is 0.618. The molecule has 1 aliphatic rings. The highest BCUT2D eigenvalue weighted by Gasteiger charge is 2.42. The largest absolute Gasteiger partial charge is 0.387 e. The Morgan fingerprint density at radius 2 is 2.21 bits per heavy atom. The number of rotatable bonds is 4. The average Bonchev–Trinajstić information content (AvgIpc) is 2.95. The van der Waals surface area contributed by atoms with Crippen molar-refractivity contribution >= 4 is 0 Å². The van der Waals surface area contributed by atoms with Crippen LogP contribution >= 0.6 is 0 Å². The fourth-order valence-electron chi connectivity index (χ4n) is 3.06. The summed E-state index contributed by atoms with van der Waals surface area (Å²) in [5.41, 5.74) is 0.158. The number of hydrogen-bond acceptors (Lipinski definition) is 3. The molecule has 0 bridgehead atoms. The second-order valence-corrected chi connectivity index (χ2v) is 5.65. The molecular weight excluding hydrogens is 238 g/mol. The summed E-state index contributed by atoms with van der Waals surface area (Å²) < 4.78 is 1.79. The Morgan fingerprint density at radius 1 is 1.53 bits per heavy atom. The third kappa shape index (κ3) is 2.66. The second-order valence-electron chi connectivity index (χ2n) is 5.65. The van der Waals surface area contributed by atoms with Gasteiger partial charge in [-0.2, -0.15) is 10.4 Å². The van der Waals surface area contributed by atoms with E-state index >= 15 is 0 Å². The quantitative estimate of drug-likeness (QED) is 0.906. The third-order valence-electron chi connectivity index (χ3n) is 4.61. The molecule has 0 aromatic carbocycles. The monoisotopic (exact) mass is 261 g/mol. The first-order chi connectivity index (χ1) is 9.15. The Labute approximate surface area is 115 Å². The van der Waals surface area contributed by atoms with Crippen molar-refractivity contribution in [2.45, 2.75) is 58.6 Å². The lowest BCUT2D eigenvalue weighted by atomic mass is 9.66. The van der Waals surface area contributed by atoms with Gasteiger partial charge in [0.05, 0.1) is 17.7 Å². The van der Waals surface area contributed by atoms with Gasteiger partial charge in [-0.1, -0.05) is 13.3 Å². The standard InChI is InChI=1S/C15H23N3O/c1-3-12-5-7-15(11-16,8-6-12)14(19)13-9-17-18(4-2)10-13/h9-10,12,14,19H,3-8H2,1-2H3. The molecule has 19 heavy (non-hydrogen) atoms. The van der Waals surface area contributed by atoms with Gasteiger partial charge in [-0.05, 0) is 38.5 Å². The second kappa shape index (κ2) is 5.75. The fourth-order valence-corrected chi connectivity index (χ4v) is 3.06. The number of nitrogens with zero attached hydrogens (tertiary/aromatic N) is 3. The lowest BCUT2D eigenvalue weighted by Gasteiger charge is -2.37.